The molecule has 1 aromatic carbocycles. The maximum atomic E-state index is 11.0. The third kappa shape index (κ3) is 3.26. The molecule has 0 heterocycles. The van der Waals surface area contributed by atoms with Crippen LogP contribution in [0.15, 0.2) is 28.8 Å². The lowest BCUT2D eigenvalue weighted by atomic mass is 10.1. The highest BCUT2D eigenvalue weighted by Gasteiger charge is 2.10. The SMILES string of the molecule is Cc1ccc(N/C(S)=C(/C#N)C(N)=O)c(C)c1. The molecule has 17 heavy (non-hydrogen) atoms. The highest BCUT2D eigenvalue weighted by Crippen LogP contribution is 2.20. The van der Waals surface area contributed by atoms with Crippen molar-refractivity contribution >= 4 is 24.2 Å². The number of aryl methyl sites for hydroxylation is 2. The summed E-state index contributed by atoms with van der Waals surface area (Å²) in [5.41, 5.74) is 7.79. The maximum Gasteiger partial charge on any atom is 0.262 e. The second-order valence-corrected chi connectivity index (χ2v) is 4.09. The summed E-state index contributed by atoms with van der Waals surface area (Å²) in [5.74, 6) is -0.797. The number of hydrogen-bond donors (Lipinski definition) is 3. The van der Waals surface area contributed by atoms with E-state index in [1.807, 2.05) is 32.0 Å². The number of rotatable bonds is 3. The van der Waals surface area contributed by atoms with E-state index in [1.165, 1.54) is 0 Å². The number of carbonyl (C=O) groups excluding carboxylic acids is 1. The average Bonchev–Trinajstić information content (AvgIpc) is 2.22. The van der Waals surface area contributed by atoms with E-state index < -0.39 is 5.91 Å². The predicted molar refractivity (Wildman–Crippen MR) is 70.4 cm³/mol. The number of benzene rings is 1. The number of thiol groups is 1. The number of nitrogens with zero attached hydrogens (tertiary/aromatic N) is 1. The predicted octanol–water partition coefficient (Wildman–Crippen LogP) is 1.87. The molecule has 0 aliphatic heterocycles. The largest absolute Gasteiger partial charge is 0.365 e. The molecule has 1 aromatic rings. The summed E-state index contributed by atoms with van der Waals surface area (Å²) in [6, 6.07) is 7.49. The van der Waals surface area contributed by atoms with E-state index in [2.05, 4.69) is 17.9 Å². The maximum absolute atomic E-state index is 11.0. The lowest BCUT2D eigenvalue weighted by Crippen LogP contribution is -2.16. The van der Waals surface area contributed by atoms with Crippen molar-refractivity contribution in [2.75, 3.05) is 5.32 Å². The molecule has 0 aliphatic rings. The minimum absolute atomic E-state index is 0.159. The fraction of sp³-hybridized carbons (Fsp3) is 0.167. The Morgan fingerprint density at radius 3 is 2.59 bits per heavy atom. The van der Waals surface area contributed by atoms with Gasteiger partial charge in [0.2, 0.25) is 0 Å². The highest BCUT2D eigenvalue weighted by molar-refractivity contribution is 7.84. The van der Waals surface area contributed by atoms with E-state index in [0.717, 1.165) is 16.8 Å². The van der Waals surface area contributed by atoms with Gasteiger partial charge in [-0.1, -0.05) is 17.7 Å². The molecule has 0 unspecified atom stereocenters. The van der Waals surface area contributed by atoms with Gasteiger partial charge in [-0.2, -0.15) is 5.26 Å². The Balaban J connectivity index is 3.07. The van der Waals surface area contributed by atoms with Gasteiger partial charge in [0.15, 0.2) is 0 Å². The normalized spacial score (nSPS) is 11.4. The first-order chi connectivity index (χ1) is 7.95. The summed E-state index contributed by atoms with van der Waals surface area (Å²) < 4.78 is 0. The number of nitrogens with one attached hydrogen (secondary N) is 1. The number of nitriles is 1. The molecular formula is C12H13N3OS. The van der Waals surface area contributed by atoms with Crippen LogP contribution in [0.4, 0.5) is 5.69 Å². The Morgan fingerprint density at radius 1 is 1.47 bits per heavy atom. The first kappa shape index (κ1) is 13.1. The van der Waals surface area contributed by atoms with Crippen LogP contribution in [-0.2, 0) is 4.79 Å². The lowest BCUT2D eigenvalue weighted by molar-refractivity contribution is -0.114. The van der Waals surface area contributed by atoms with Crippen LogP contribution in [0.1, 0.15) is 11.1 Å². The molecule has 0 radical (unpaired) electrons. The van der Waals surface area contributed by atoms with Gasteiger partial charge in [0, 0.05) is 5.69 Å². The Hall–Kier alpha value is -1.93. The van der Waals surface area contributed by atoms with Crippen molar-refractivity contribution in [1.82, 2.24) is 0 Å². The third-order valence-corrected chi connectivity index (χ3v) is 2.57. The molecule has 0 aliphatic carbocycles. The van der Waals surface area contributed by atoms with Crippen molar-refractivity contribution in [3.8, 4) is 6.07 Å². The van der Waals surface area contributed by atoms with Crippen molar-refractivity contribution in [3.63, 3.8) is 0 Å². The molecular weight excluding hydrogens is 234 g/mol. The van der Waals surface area contributed by atoms with Crippen LogP contribution in [-0.4, -0.2) is 5.91 Å². The molecule has 1 amide bonds. The average molecular weight is 247 g/mol. The van der Waals surface area contributed by atoms with Crippen molar-refractivity contribution in [2.24, 2.45) is 5.73 Å². The van der Waals surface area contributed by atoms with E-state index >= 15 is 0 Å². The van der Waals surface area contributed by atoms with Crippen LogP contribution in [0, 0.1) is 25.2 Å². The number of primary amides is 1. The molecule has 0 saturated carbocycles. The second-order valence-electron chi connectivity index (χ2n) is 3.64. The summed E-state index contributed by atoms with van der Waals surface area (Å²) in [7, 11) is 0. The molecule has 0 spiro atoms. The number of nitrogens with two attached hydrogens (primary N) is 1. The lowest BCUT2D eigenvalue weighted by Gasteiger charge is -2.10. The van der Waals surface area contributed by atoms with Crippen LogP contribution >= 0.6 is 12.6 Å². The van der Waals surface area contributed by atoms with Gasteiger partial charge in [0.25, 0.3) is 5.91 Å². The minimum atomic E-state index is -0.797. The Bertz CT molecular complexity index is 529. The van der Waals surface area contributed by atoms with Crippen LogP contribution < -0.4 is 11.1 Å². The smallest absolute Gasteiger partial charge is 0.262 e. The molecule has 3 N–H and O–H groups in total. The molecule has 0 saturated heterocycles. The fourth-order valence-corrected chi connectivity index (χ4v) is 1.65. The van der Waals surface area contributed by atoms with E-state index in [1.54, 1.807) is 6.07 Å². The molecule has 0 atom stereocenters. The van der Waals surface area contributed by atoms with Gasteiger partial charge in [-0.15, -0.1) is 12.6 Å². The van der Waals surface area contributed by atoms with Gasteiger partial charge in [-0.25, -0.2) is 0 Å². The van der Waals surface area contributed by atoms with E-state index in [-0.39, 0.29) is 10.6 Å². The fourth-order valence-electron chi connectivity index (χ4n) is 1.37. The summed E-state index contributed by atoms with van der Waals surface area (Å²) in [6.45, 7) is 3.91. The van der Waals surface area contributed by atoms with Crippen LogP contribution in [0.2, 0.25) is 0 Å². The molecule has 5 heteroatoms. The van der Waals surface area contributed by atoms with Crippen LogP contribution in [0.25, 0.3) is 0 Å². The molecule has 4 nitrogen and oxygen atoms in total. The molecule has 0 fully saturated rings. The highest BCUT2D eigenvalue weighted by atomic mass is 32.1. The van der Waals surface area contributed by atoms with Crippen molar-refractivity contribution in [2.45, 2.75) is 13.8 Å². The minimum Gasteiger partial charge on any atom is -0.365 e. The monoisotopic (exact) mass is 247 g/mol. The first-order valence-corrected chi connectivity index (χ1v) is 5.38. The molecule has 0 aromatic heterocycles. The number of hydrogen-bond acceptors (Lipinski definition) is 4. The van der Waals surface area contributed by atoms with Gasteiger partial charge in [0.05, 0.1) is 5.03 Å². The van der Waals surface area contributed by atoms with Gasteiger partial charge in [-0.05, 0) is 25.5 Å². The third-order valence-electron chi connectivity index (χ3n) is 2.23. The molecule has 88 valence electrons. The zero-order chi connectivity index (χ0) is 13.0. The van der Waals surface area contributed by atoms with Gasteiger partial charge in [-0.3, -0.25) is 4.79 Å². The Kier molecular flexibility index (Phi) is 4.18. The van der Waals surface area contributed by atoms with Gasteiger partial charge in [0.1, 0.15) is 11.6 Å². The van der Waals surface area contributed by atoms with Crippen LogP contribution in [0.3, 0.4) is 0 Å². The number of amides is 1. The number of anilines is 1. The summed E-state index contributed by atoms with van der Waals surface area (Å²) in [6.07, 6.45) is 0. The Labute approximate surface area is 106 Å². The zero-order valence-corrected chi connectivity index (χ0v) is 10.5. The summed E-state index contributed by atoms with van der Waals surface area (Å²) in [4.78, 5) is 11.0. The van der Waals surface area contributed by atoms with Gasteiger partial charge >= 0.3 is 0 Å². The van der Waals surface area contributed by atoms with Crippen molar-refractivity contribution in [1.29, 1.82) is 5.26 Å². The van der Waals surface area contributed by atoms with E-state index in [4.69, 9.17) is 11.0 Å². The van der Waals surface area contributed by atoms with E-state index in [0.29, 0.717) is 0 Å². The molecule has 0 bridgehead atoms. The topological polar surface area (TPSA) is 78.9 Å². The summed E-state index contributed by atoms with van der Waals surface area (Å²) in [5, 5.41) is 11.8. The first-order valence-electron chi connectivity index (χ1n) is 4.93. The standard InChI is InChI=1S/C12H13N3OS/c1-7-3-4-10(8(2)5-7)15-12(17)9(6-13)11(14)16/h3-5,15,17H,1-2H3,(H2,14,16)/b12-9+. The zero-order valence-electron chi connectivity index (χ0n) is 9.61. The Morgan fingerprint density at radius 2 is 2.12 bits per heavy atom. The van der Waals surface area contributed by atoms with E-state index in [9.17, 15) is 4.79 Å². The van der Waals surface area contributed by atoms with Gasteiger partial charge < -0.3 is 11.1 Å². The summed E-state index contributed by atoms with van der Waals surface area (Å²) >= 11 is 4.07. The van der Waals surface area contributed by atoms with Crippen LogP contribution in [0.5, 0.6) is 0 Å². The molecule has 1 rings (SSSR count). The number of carbonyl (C=O) groups is 1. The second kappa shape index (κ2) is 5.41. The quantitative estimate of drug-likeness (QED) is 0.433. The van der Waals surface area contributed by atoms with Crippen molar-refractivity contribution < 1.29 is 4.79 Å². The van der Waals surface area contributed by atoms with Crippen molar-refractivity contribution in [3.05, 3.63) is 39.9 Å².